The van der Waals surface area contributed by atoms with Gasteiger partial charge in [-0.15, -0.1) is 0 Å². The first-order valence-electron chi connectivity index (χ1n) is 9.85. The molecule has 0 N–H and O–H groups in total. The van der Waals surface area contributed by atoms with Crippen LogP contribution in [0.25, 0.3) is 0 Å². The molecule has 0 radical (unpaired) electrons. The van der Waals surface area contributed by atoms with Crippen LogP contribution in [0, 0.1) is 10.1 Å². The Morgan fingerprint density at radius 2 is 1.66 bits per heavy atom. The first-order chi connectivity index (χ1) is 13.9. The predicted octanol–water partition coefficient (Wildman–Crippen LogP) is 5.02. The summed E-state index contributed by atoms with van der Waals surface area (Å²) >= 11 is 0. The number of nitro benzene ring substituents is 1. The van der Waals surface area contributed by atoms with E-state index in [-0.39, 0.29) is 29.6 Å². The smallest absolute Gasteiger partial charge is 0.258 e. The van der Waals surface area contributed by atoms with Crippen LogP contribution in [-0.2, 0) is 10.0 Å². The Hall–Kier alpha value is -2.32. The molecule has 1 saturated carbocycles. The fourth-order valence-electron chi connectivity index (χ4n) is 3.81. The van der Waals surface area contributed by atoms with E-state index < -0.39 is 21.1 Å². The van der Waals surface area contributed by atoms with E-state index in [2.05, 4.69) is 0 Å². The quantitative estimate of drug-likeness (QED) is 0.444. The van der Waals surface area contributed by atoms with Gasteiger partial charge >= 0.3 is 0 Å². The Balaban J connectivity index is 1.82. The summed E-state index contributed by atoms with van der Waals surface area (Å²) < 4.78 is 42.7. The molecule has 0 amide bonds. The second-order valence-corrected chi connectivity index (χ2v) is 9.22. The number of alkyl halides is 1. The van der Waals surface area contributed by atoms with Crippen LogP contribution in [0.15, 0.2) is 59.5 Å². The summed E-state index contributed by atoms with van der Waals surface area (Å²) in [5.74, 6) is 0. The standard InChI is InChI=1S/C21H25FN2O4S/c22-21(17-7-3-1-4-8-17)15-16-23(18-9-5-2-6-10-18)29(27,28)20-13-11-19(12-14-20)24(25)26/h1,3-4,7-8,11-14,18,21H,2,5-6,9-10,15-16H2/t21-/m1/s1. The maximum atomic E-state index is 14.7. The van der Waals surface area contributed by atoms with Crippen LogP contribution < -0.4 is 0 Å². The molecule has 6 nitrogen and oxygen atoms in total. The summed E-state index contributed by atoms with van der Waals surface area (Å²) in [6, 6.07) is 13.4. The highest BCUT2D eigenvalue weighted by atomic mass is 32.2. The first-order valence-corrected chi connectivity index (χ1v) is 11.3. The zero-order chi connectivity index (χ0) is 20.9. The van der Waals surface area contributed by atoms with Crippen molar-refractivity contribution < 1.29 is 17.7 Å². The van der Waals surface area contributed by atoms with E-state index >= 15 is 0 Å². The molecule has 156 valence electrons. The van der Waals surface area contributed by atoms with Gasteiger partial charge in [0.25, 0.3) is 5.69 Å². The Kier molecular flexibility index (Phi) is 6.97. The topological polar surface area (TPSA) is 80.5 Å². The van der Waals surface area contributed by atoms with E-state index in [9.17, 15) is 22.9 Å². The maximum Gasteiger partial charge on any atom is 0.269 e. The maximum absolute atomic E-state index is 14.7. The van der Waals surface area contributed by atoms with Crippen LogP contribution in [0.1, 0.15) is 50.3 Å². The van der Waals surface area contributed by atoms with Gasteiger partial charge in [0.05, 0.1) is 9.82 Å². The molecule has 1 aliphatic carbocycles. The molecule has 8 heteroatoms. The van der Waals surface area contributed by atoms with Gasteiger partial charge in [0.2, 0.25) is 10.0 Å². The lowest BCUT2D eigenvalue weighted by Gasteiger charge is -2.33. The van der Waals surface area contributed by atoms with Crippen molar-refractivity contribution in [2.45, 2.75) is 55.6 Å². The Bertz CT molecular complexity index is 913. The third-order valence-corrected chi connectivity index (χ3v) is 7.37. The van der Waals surface area contributed by atoms with Gasteiger partial charge in [0, 0.05) is 24.7 Å². The molecule has 1 atom stereocenters. The lowest BCUT2D eigenvalue weighted by Crippen LogP contribution is -2.42. The van der Waals surface area contributed by atoms with Gasteiger partial charge in [-0.25, -0.2) is 12.8 Å². The van der Waals surface area contributed by atoms with Gasteiger partial charge in [-0.2, -0.15) is 4.31 Å². The number of non-ortho nitro benzene ring substituents is 1. The number of nitrogens with zero attached hydrogens (tertiary/aromatic N) is 2. The number of sulfonamides is 1. The van der Waals surface area contributed by atoms with Crippen molar-refractivity contribution in [3.63, 3.8) is 0 Å². The molecule has 2 aromatic carbocycles. The highest BCUT2D eigenvalue weighted by Gasteiger charge is 2.33. The number of halogens is 1. The van der Waals surface area contributed by atoms with Crippen molar-refractivity contribution in [1.29, 1.82) is 0 Å². The van der Waals surface area contributed by atoms with Crippen molar-refractivity contribution in [3.05, 3.63) is 70.3 Å². The second-order valence-electron chi connectivity index (χ2n) is 7.33. The molecular formula is C21H25FN2O4S. The molecule has 0 aromatic heterocycles. The van der Waals surface area contributed by atoms with Crippen LogP contribution >= 0.6 is 0 Å². The minimum absolute atomic E-state index is 0.00351. The number of rotatable bonds is 8. The summed E-state index contributed by atoms with van der Waals surface area (Å²) in [4.78, 5) is 10.3. The fraction of sp³-hybridized carbons (Fsp3) is 0.429. The van der Waals surface area contributed by atoms with E-state index in [1.807, 2.05) is 6.07 Å². The van der Waals surface area contributed by atoms with E-state index in [0.29, 0.717) is 5.56 Å². The molecule has 0 spiro atoms. The highest BCUT2D eigenvalue weighted by Crippen LogP contribution is 2.30. The molecule has 2 aromatic rings. The molecule has 0 aliphatic heterocycles. The Morgan fingerprint density at radius 1 is 1.03 bits per heavy atom. The largest absolute Gasteiger partial charge is 0.269 e. The Morgan fingerprint density at radius 3 is 2.24 bits per heavy atom. The van der Waals surface area contributed by atoms with Gasteiger partial charge < -0.3 is 0 Å². The summed E-state index contributed by atoms with van der Waals surface area (Å²) in [6.07, 6.45) is 3.24. The summed E-state index contributed by atoms with van der Waals surface area (Å²) in [5, 5.41) is 10.9. The zero-order valence-electron chi connectivity index (χ0n) is 16.1. The van der Waals surface area contributed by atoms with E-state index in [1.165, 1.54) is 28.6 Å². The fourth-order valence-corrected chi connectivity index (χ4v) is 5.51. The first kappa shape index (κ1) is 21.4. The SMILES string of the molecule is O=[N+]([O-])c1ccc(S(=O)(=O)N(CC[C@@H](F)c2ccccc2)C2CCCCC2)cc1. The lowest BCUT2D eigenvalue weighted by atomic mass is 9.95. The summed E-state index contributed by atoms with van der Waals surface area (Å²) in [7, 11) is -3.88. The number of nitro groups is 1. The molecule has 3 rings (SSSR count). The van der Waals surface area contributed by atoms with Gasteiger partial charge in [0.1, 0.15) is 6.17 Å². The lowest BCUT2D eigenvalue weighted by molar-refractivity contribution is -0.384. The van der Waals surface area contributed by atoms with Crippen LogP contribution in [0.5, 0.6) is 0 Å². The molecule has 0 saturated heterocycles. The number of hydrogen-bond donors (Lipinski definition) is 0. The van der Waals surface area contributed by atoms with Gasteiger partial charge in [0.15, 0.2) is 0 Å². The minimum atomic E-state index is -3.88. The van der Waals surface area contributed by atoms with E-state index in [4.69, 9.17) is 0 Å². The van der Waals surface area contributed by atoms with Crippen LogP contribution in [0.2, 0.25) is 0 Å². The van der Waals surface area contributed by atoms with Gasteiger partial charge in [-0.05, 0) is 37.0 Å². The molecule has 29 heavy (non-hydrogen) atoms. The average Bonchev–Trinajstić information content (AvgIpc) is 2.75. The third kappa shape index (κ3) is 5.19. The molecule has 1 fully saturated rings. The van der Waals surface area contributed by atoms with Crippen LogP contribution in [0.3, 0.4) is 0 Å². The third-order valence-electron chi connectivity index (χ3n) is 5.40. The number of benzene rings is 2. The second kappa shape index (κ2) is 9.45. The van der Waals surface area contributed by atoms with Crippen molar-refractivity contribution >= 4 is 15.7 Å². The molecule has 1 aliphatic rings. The normalized spacial score (nSPS) is 16.6. The minimum Gasteiger partial charge on any atom is -0.258 e. The predicted molar refractivity (Wildman–Crippen MR) is 109 cm³/mol. The highest BCUT2D eigenvalue weighted by molar-refractivity contribution is 7.89. The van der Waals surface area contributed by atoms with Gasteiger partial charge in [-0.3, -0.25) is 10.1 Å². The molecule has 0 bridgehead atoms. The van der Waals surface area contributed by atoms with Crippen molar-refractivity contribution in [1.82, 2.24) is 4.31 Å². The monoisotopic (exact) mass is 420 g/mol. The summed E-state index contributed by atoms with van der Waals surface area (Å²) in [6.45, 7) is 0.0695. The zero-order valence-corrected chi connectivity index (χ0v) is 16.9. The van der Waals surface area contributed by atoms with Crippen molar-refractivity contribution in [2.75, 3.05) is 6.54 Å². The molecular weight excluding hydrogens is 395 g/mol. The van der Waals surface area contributed by atoms with Gasteiger partial charge in [-0.1, -0.05) is 49.6 Å². The van der Waals surface area contributed by atoms with E-state index in [1.54, 1.807) is 24.3 Å². The van der Waals surface area contributed by atoms with Crippen LogP contribution in [-0.4, -0.2) is 30.2 Å². The van der Waals surface area contributed by atoms with Crippen LogP contribution in [0.4, 0.5) is 10.1 Å². The average molecular weight is 421 g/mol. The van der Waals surface area contributed by atoms with Crippen molar-refractivity contribution in [2.24, 2.45) is 0 Å². The molecule has 0 heterocycles. The summed E-state index contributed by atoms with van der Waals surface area (Å²) in [5.41, 5.74) is 0.366. The van der Waals surface area contributed by atoms with E-state index in [0.717, 1.165) is 32.1 Å². The molecule has 0 unspecified atom stereocenters. The van der Waals surface area contributed by atoms with Crippen molar-refractivity contribution in [3.8, 4) is 0 Å². The Labute approximate surface area is 170 Å². The number of hydrogen-bond acceptors (Lipinski definition) is 4.